The zero-order valence-corrected chi connectivity index (χ0v) is 15.7. The Kier molecular flexibility index (Phi) is 11.7. The number of ether oxygens (including phenoxy) is 2. The van der Waals surface area contributed by atoms with Gasteiger partial charge in [-0.05, 0) is 32.8 Å². The molecule has 0 saturated carbocycles. The van der Waals surface area contributed by atoms with Crippen LogP contribution in [0.5, 0.6) is 0 Å². The minimum atomic E-state index is -0.634. The molecule has 25 heavy (non-hydrogen) atoms. The summed E-state index contributed by atoms with van der Waals surface area (Å²) in [5.74, 6) is 0.703. The number of guanidine groups is 1. The predicted molar refractivity (Wildman–Crippen MR) is 102 cm³/mol. The molecule has 0 spiro atoms. The van der Waals surface area contributed by atoms with E-state index in [9.17, 15) is 5.11 Å². The van der Waals surface area contributed by atoms with Crippen molar-refractivity contribution in [2.24, 2.45) is 4.99 Å². The van der Waals surface area contributed by atoms with Gasteiger partial charge < -0.3 is 25.2 Å². The number of aliphatic hydroxyl groups excluding tert-OH is 1. The first-order valence-electron chi connectivity index (χ1n) is 9.11. The topological polar surface area (TPSA) is 75.1 Å². The van der Waals surface area contributed by atoms with Crippen molar-refractivity contribution in [3.63, 3.8) is 0 Å². The highest BCUT2D eigenvalue weighted by Crippen LogP contribution is 2.15. The highest BCUT2D eigenvalue weighted by molar-refractivity contribution is 5.79. The molecule has 2 atom stereocenters. The predicted octanol–water partition coefficient (Wildman–Crippen LogP) is 2.11. The van der Waals surface area contributed by atoms with Crippen LogP contribution >= 0.6 is 0 Å². The van der Waals surface area contributed by atoms with Gasteiger partial charge in [-0.2, -0.15) is 0 Å². The van der Waals surface area contributed by atoms with E-state index in [4.69, 9.17) is 9.47 Å². The SMILES string of the molecule is CCNC(=NCC(O)COC(C)c1ccccc1)NCCCOCC. The number of aliphatic hydroxyl groups is 1. The van der Waals surface area contributed by atoms with Crippen LogP contribution in [0.25, 0.3) is 0 Å². The molecule has 2 unspecified atom stereocenters. The van der Waals surface area contributed by atoms with Crippen LogP contribution < -0.4 is 10.6 Å². The smallest absolute Gasteiger partial charge is 0.191 e. The van der Waals surface area contributed by atoms with Crippen molar-refractivity contribution in [3.05, 3.63) is 35.9 Å². The summed E-state index contributed by atoms with van der Waals surface area (Å²) in [5.41, 5.74) is 1.10. The van der Waals surface area contributed by atoms with E-state index in [1.807, 2.05) is 51.1 Å². The summed E-state index contributed by atoms with van der Waals surface area (Å²) in [7, 11) is 0. The first-order valence-corrected chi connectivity index (χ1v) is 9.11. The molecule has 0 radical (unpaired) electrons. The molecule has 0 aliphatic rings. The Morgan fingerprint density at radius 2 is 1.96 bits per heavy atom. The molecule has 0 heterocycles. The fraction of sp³-hybridized carbons (Fsp3) is 0.632. The highest BCUT2D eigenvalue weighted by Gasteiger charge is 2.09. The van der Waals surface area contributed by atoms with Crippen molar-refractivity contribution < 1.29 is 14.6 Å². The van der Waals surface area contributed by atoms with Crippen LogP contribution in [-0.4, -0.2) is 56.6 Å². The summed E-state index contributed by atoms with van der Waals surface area (Å²) in [5, 5.41) is 16.5. The Morgan fingerprint density at radius 3 is 2.64 bits per heavy atom. The van der Waals surface area contributed by atoms with E-state index >= 15 is 0 Å². The maximum atomic E-state index is 10.1. The molecule has 1 aromatic rings. The number of nitrogens with zero attached hydrogens (tertiary/aromatic N) is 1. The van der Waals surface area contributed by atoms with Gasteiger partial charge in [0.2, 0.25) is 0 Å². The molecule has 0 bridgehead atoms. The van der Waals surface area contributed by atoms with Crippen LogP contribution in [0.1, 0.15) is 38.9 Å². The van der Waals surface area contributed by atoms with Gasteiger partial charge in [0, 0.05) is 26.3 Å². The highest BCUT2D eigenvalue weighted by atomic mass is 16.5. The molecule has 1 aromatic carbocycles. The molecule has 0 saturated heterocycles. The molecule has 1 rings (SSSR count). The van der Waals surface area contributed by atoms with Gasteiger partial charge in [0.05, 0.1) is 25.4 Å². The van der Waals surface area contributed by atoms with Crippen molar-refractivity contribution >= 4 is 5.96 Å². The van der Waals surface area contributed by atoms with Gasteiger partial charge >= 0.3 is 0 Å². The second-order valence-corrected chi connectivity index (χ2v) is 5.74. The quantitative estimate of drug-likeness (QED) is 0.305. The van der Waals surface area contributed by atoms with Gasteiger partial charge in [0.1, 0.15) is 0 Å². The number of hydrogen-bond acceptors (Lipinski definition) is 4. The standard InChI is InChI=1S/C19H33N3O3/c1-4-20-19(21-12-9-13-24-5-2)22-14-18(23)15-25-16(3)17-10-7-6-8-11-17/h6-8,10-11,16,18,23H,4-5,9,12-15H2,1-3H3,(H2,20,21,22). The number of rotatable bonds is 12. The summed E-state index contributed by atoms with van der Waals surface area (Å²) in [6.07, 6.45) is 0.230. The zero-order chi connectivity index (χ0) is 18.3. The van der Waals surface area contributed by atoms with Crippen LogP contribution in [0.15, 0.2) is 35.3 Å². The largest absolute Gasteiger partial charge is 0.389 e. The Hall–Kier alpha value is -1.63. The van der Waals surface area contributed by atoms with E-state index in [2.05, 4.69) is 15.6 Å². The minimum Gasteiger partial charge on any atom is -0.389 e. The fourth-order valence-corrected chi connectivity index (χ4v) is 2.19. The molecule has 6 heteroatoms. The van der Waals surface area contributed by atoms with Gasteiger partial charge in [-0.3, -0.25) is 4.99 Å². The molecule has 0 aliphatic heterocycles. The Balaban J connectivity index is 2.31. The van der Waals surface area contributed by atoms with Crippen molar-refractivity contribution in [2.75, 3.05) is 39.5 Å². The maximum Gasteiger partial charge on any atom is 0.191 e. The number of benzene rings is 1. The first-order chi connectivity index (χ1) is 12.2. The summed E-state index contributed by atoms with van der Waals surface area (Å²) >= 11 is 0. The lowest BCUT2D eigenvalue weighted by atomic mass is 10.1. The fourth-order valence-electron chi connectivity index (χ4n) is 2.19. The third-order valence-electron chi connectivity index (χ3n) is 3.57. The first kappa shape index (κ1) is 21.4. The van der Waals surface area contributed by atoms with Gasteiger partial charge in [-0.1, -0.05) is 30.3 Å². The second kappa shape index (κ2) is 13.6. The summed E-state index contributed by atoms with van der Waals surface area (Å²) < 4.78 is 11.0. The van der Waals surface area contributed by atoms with E-state index in [0.29, 0.717) is 12.5 Å². The normalized spacial score (nSPS) is 14.2. The number of nitrogens with one attached hydrogen (secondary N) is 2. The van der Waals surface area contributed by atoms with E-state index in [1.165, 1.54) is 0 Å². The van der Waals surface area contributed by atoms with Crippen LogP contribution in [-0.2, 0) is 9.47 Å². The molecular weight excluding hydrogens is 318 g/mol. The van der Waals surface area contributed by atoms with Crippen molar-refractivity contribution in [3.8, 4) is 0 Å². The van der Waals surface area contributed by atoms with Crippen LogP contribution in [0.2, 0.25) is 0 Å². The molecule has 3 N–H and O–H groups in total. The number of hydrogen-bond donors (Lipinski definition) is 3. The van der Waals surface area contributed by atoms with E-state index in [0.717, 1.165) is 38.3 Å². The molecule has 0 amide bonds. The molecular formula is C19H33N3O3. The van der Waals surface area contributed by atoms with Gasteiger partial charge in [0.25, 0.3) is 0 Å². The van der Waals surface area contributed by atoms with Gasteiger partial charge in [0.15, 0.2) is 5.96 Å². The van der Waals surface area contributed by atoms with E-state index in [-0.39, 0.29) is 12.7 Å². The average Bonchev–Trinajstić information content (AvgIpc) is 2.64. The third kappa shape index (κ3) is 10.1. The van der Waals surface area contributed by atoms with Crippen molar-refractivity contribution in [1.82, 2.24) is 10.6 Å². The zero-order valence-electron chi connectivity index (χ0n) is 15.7. The van der Waals surface area contributed by atoms with E-state index in [1.54, 1.807) is 0 Å². The molecule has 0 aliphatic carbocycles. The summed E-state index contributed by atoms with van der Waals surface area (Å²) in [4.78, 5) is 4.41. The Bertz CT molecular complexity index is 468. The maximum absolute atomic E-state index is 10.1. The van der Waals surface area contributed by atoms with Crippen LogP contribution in [0, 0.1) is 0 Å². The van der Waals surface area contributed by atoms with Gasteiger partial charge in [-0.15, -0.1) is 0 Å². The Morgan fingerprint density at radius 1 is 1.20 bits per heavy atom. The number of aliphatic imine (C=N–C) groups is 1. The lowest BCUT2D eigenvalue weighted by molar-refractivity contribution is 0.00111. The lowest BCUT2D eigenvalue weighted by Gasteiger charge is -2.16. The Labute approximate surface area is 151 Å². The minimum absolute atomic E-state index is 0.0512. The van der Waals surface area contributed by atoms with Crippen LogP contribution in [0.4, 0.5) is 0 Å². The van der Waals surface area contributed by atoms with Crippen LogP contribution in [0.3, 0.4) is 0 Å². The van der Waals surface area contributed by atoms with Crippen molar-refractivity contribution in [2.45, 2.75) is 39.4 Å². The molecule has 6 nitrogen and oxygen atoms in total. The lowest BCUT2D eigenvalue weighted by Crippen LogP contribution is -2.39. The third-order valence-corrected chi connectivity index (χ3v) is 3.57. The average molecular weight is 351 g/mol. The summed E-state index contributed by atoms with van der Waals surface area (Å²) in [6.45, 7) is 9.55. The molecule has 142 valence electrons. The monoisotopic (exact) mass is 351 g/mol. The summed E-state index contributed by atoms with van der Waals surface area (Å²) in [6, 6.07) is 9.98. The molecule has 0 fully saturated rings. The second-order valence-electron chi connectivity index (χ2n) is 5.74. The van der Waals surface area contributed by atoms with Crippen molar-refractivity contribution in [1.29, 1.82) is 0 Å². The molecule has 0 aromatic heterocycles. The van der Waals surface area contributed by atoms with E-state index < -0.39 is 6.10 Å². The van der Waals surface area contributed by atoms with Gasteiger partial charge in [-0.25, -0.2) is 0 Å².